The number of fused-ring (bicyclic) bond motifs is 1. The first-order valence-electron chi connectivity index (χ1n) is 7.30. The molecule has 3 heterocycles. The van der Waals surface area contributed by atoms with Gasteiger partial charge >= 0.3 is 0 Å². The Balaban J connectivity index is 1.61. The first-order valence-corrected chi connectivity index (χ1v) is 7.30. The summed E-state index contributed by atoms with van der Waals surface area (Å²) >= 11 is 0. The molecule has 4 nitrogen and oxygen atoms in total. The molecule has 0 amide bonds. The first-order chi connectivity index (χ1) is 10.2. The number of aromatic nitrogens is 3. The Bertz CT molecular complexity index is 699. The van der Waals surface area contributed by atoms with Crippen molar-refractivity contribution in [2.45, 2.75) is 26.3 Å². The van der Waals surface area contributed by atoms with Crippen LogP contribution in [0, 0.1) is 6.92 Å². The minimum Gasteiger partial charge on any atom is -0.308 e. The number of aryl methyl sites for hydroxylation is 1. The standard InChI is InChI=1S/C17H20N4/c1-13-11-18-8-6-15(13)7-9-19-14(2)16-12-21-10-4-3-5-17(21)20-16/h3-6,8,10-12,14,19H,7,9H2,1-2H3. The summed E-state index contributed by atoms with van der Waals surface area (Å²) in [6.07, 6.45) is 8.89. The lowest BCUT2D eigenvalue weighted by Crippen LogP contribution is -2.21. The minimum atomic E-state index is 0.243. The molecule has 3 rings (SSSR count). The summed E-state index contributed by atoms with van der Waals surface area (Å²) in [6.45, 7) is 5.19. The lowest BCUT2D eigenvalue weighted by atomic mass is 10.1. The van der Waals surface area contributed by atoms with Gasteiger partial charge in [0, 0.05) is 30.8 Å². The number of pyridine rings is 2. The highest BCUT2D eigenvalue weighted by atomic mass is 15.0. The fourth-order valence-corrected chi connectivity index (χ4v) is 2.47. The van der Waals surface area contributed by atoms with E-state index in [0.717, 1.165) is 24.3 Å². The predicted octanol–water partition coefficient (Wildman–Crippen LogP) is 2.93. The van der Waals surface area contributed by atoms with Crippen LogP contribution >= 0.6 is 0 Å². The average molecular weight is 280 g/mol. The zero-order valence-electron chi connectivity index (χ0n) is 12.5. The van der Waals surface area contributed by atoms with Crippen LogP contribution in [-0.4, -0.2) is 20.9 Å². The number of nitrogens with zero attached hydrogens (tertiary/aromatic N) is 3. The van der Waals surface area contributed by atoms with E-state index < -0.39 is 0 Å². The maximum absolute atomic E-state index is 4.65. The van der Waals surface area contributed by atoms with Crippen molar-refractivity contribution in [2.75, 3.05) is 6.54 Å². The van der Waals surface area contributed by atoms with Crippen molar-refractivity contribution in [2.24, 2.45) is 0 Å². The van der Waals surface area contributed by atoms with Gasteiger partial charge < -0.3 is 9.72 Å². The molecule has 0 aliphatic carbocycles. The van der Waals surface area contributed by atoms with E-state index in [0.29, 0.717) is 0 Å². The highest BCUT2D eigenvalue weighted by Crippen LogP contribution is 2.13. The van der Waals surface area contributed by atoms with E-state index in [1.165, 1.54) is 11.1 Å². The first kappa shape index (κ1) is 13.8. The highest BCUT2D eigenvalue weighted by molar-refractivity contribution is 5.39. The van der Waals surface area contributed by atoms with Gasteiger partial charge in [0.15, 0.2) is 0 Å². The van der Waals surface area contributed by atoms with E-state index in [2.05, 4.69) is 45.8 Å². The number of hydrogen-bond acceptors (Lipinski definition) is 3. The van der Waals surface area contributed by atoms with Crippen molar-refractivity contribution in [3.8, 4) is 0 Å². The molecule has 0 fully saturated rings. The van der Waals surface area contributed by atoms with E-state index in [9.17, 15) is 0 Å². The second-order valence-corrected chi connectivity index (χ2v) is 5.36. The average Bonchev–Trinajstić information content (AvgIpc) is 2.93. The summed E-state index contributed by atoms with van der Waals surface area (Å²) < 4.78 is 2.06. The molecule has 0 saturated heterocycles. The van der Waals surface area contributed by atoms with Crippen LogP contribution < -0.4 is 5.32 Å². The maximum Gasteiger partial charge on any atom is 0.137 e. The van der Waals surface area contributed by atoms with Crippen LogP contribution in [0.15, 0.2) is 49.1 Å². The Morgan fingerprint density at radius 3 is 3.00 bits per heavy atom. The molecule has 3 aromatic heterocycles. The number of imidazole rings is 1. The van der Waals surface area contributed by atoms with E-state index in [1.54, 1.807) is 0 Å². The van der Waals surface area contributed by atoms with Crippen LogP contribution in [0.3, 0.4) is 0 Å². The summed E-state index contributed by atoms with van der Waals surface area (Å²) in [4.78, 5) is 8.77. The minimum absolute atomic E-state index is 0.243. The largest absolute Gasteiger partial charge is 0.308 e. The summed E-state index contributed by atoms with van der Waals surface area (Å²) in [6, 6.07) is 8.38. The van der Waals surface area contributed by atoms with Gasteiger partial charge in [0.1, 0.15) is 5.65 Å². The van der Waals surface area contributed by atoms with Crippen LogP contribution in [0.25, 0.3) is 5.65 Å². The van der Waals surface area contributed by atoms with Crippen LogP contribution in [0.5, 0.6) is 0 Å². The summed E-state index contributed by atoms with van der Waals surface area (Å²) in [5, 5.41) is 3.54. The predicted molar refractivity (Wildman–Crippen MR) is 84.3 cm³/mol. The van der Waals surface area contributed by atoms with Gasteiger partial charge in [0.05, 0.1) is 5.69 Å². The summed E-state index contributed by atoms with van der Waals surface area (Å²) in [5.41, 5.74) is 4.66. The molecule has 3 aromatic rings. The molecule has 0 bridgehead atoms. The fraction of sp³-hybridized carbons (Fsp3) is 0.294. The quantitative estimate of drug-likeness (QED) is 0.781. The zero-order chi connectivity index (χ0) is 14.7. The van der Waals surface area contributed by atoms with Crippen LogP contribution in [0.1, 0.15) is 29.8 Å². The molecule has 1 atom stereocenters. The van der Waals surface area contributed by atoms with Gasteiger partial charge in [-0.1, -0.05) is 6.07 Å². The lowest BCUT2D eigenvalue weighted by Gasteiger charge is -2.12. The van der Waals surface area contributed by atoms with Crippen molar-refractivity contribution >= 4 is 5.65 Å². The van der Waals surface area contributed by atoms with E-state index in [4.69, 9.17) is 0 Å². The Kier molecular flexibility index (Phi) is 3.97. The van der Waals surface area contributed by atoms with Crippen LogP contribution in [-0.2, 0) is 6.42 Å². The molecule has 1 N–H and O–H groups in total. The van der Waals surface area contributed by atoms with Crippen LogP contribution in [0.4, 0.5) is 0 Å². The molecule has 0 aliphatic heterocycles. The van der Waals surface area contributed by atoms with Gasteiger partial charge in [-0.3, -0.25) is 4.98 Å². The van der Waals surface area contributed by atoms with Gasteiger partial charge in [-0.15, -0.1) is 0 Å². The highest BCUT2D eigenvalue weighted by Gasteiger charge is 2.09. The third-order valence-corrected chi connectivity index (χ3v) is 3.81. The second kappa shape index (κ2) is 6.06. The van der Waals surface area contributed by atoms with E-state index in [-0.39, 0.29) is 6.04 Å². The maximum atomic E-state index is 4.65. The van der Waals surface area contributed by atoms with Crippen molar-refractivity contribution in [3.05, 3.63) is 65.9 Å². The third-order valence-electron chi connectivity index (χ3n) is 3.81. The molecular weight excluding hydrogens is 260 g/mol. The monoisotopic (exact) mass is 280 g/mol. The van der Waals surface area contributed by atoms with Crippen LogP contribution in [0.2, 0.25) is 0 Å². The molecule has 0 aliphatic rings. The molecule has 1 unspecified atom stereocenters. The van der Waals surface area contributed by atoms with Crippen molar-refractivity contribution in [3.63, 3.8) is 0 Å². The van der Waals surface area contributed by atoms with Crippen molar-refractivity contribution < 1.29 is 0 Å². The smallest absolute Gasteiger partial charge is 0.137 e. The molecule has 0 saturated carbocycles. The van der Waals surface area contributed by atoms with Crippen molar-refractivity contribution in [1.29, 1.82) is 0 Å². The zero-order valence-corrected chi connectivity index (χ0v) is 12.5. The van der Waals surface area contributed by atoms with Crippen molar-refractivity contribution in [1.82, 2.24) is 19.7 Å². The SMILES string of the molecule is Cc1cnccc1CCNC(C)c1cn2ccccc2n1. The number of hydrogen-bond donors (Lipinski definition) is 1. The Hall–Kier alpha value is -2.20. The molecule has 108 valence electrons. The molecule has 0 spiro atoms. The van der Waals surface area contributed by atoms with E-state index >= 15 is 0 Å². The number of nitrogens with one attached hydrogen (secondary N) is 1. The summed E-state index contributed by atoms with van der Waals surface area (Å²) in [5.74, 6) is 0. The Labute approximate surface area is 124 Å². The molecule has 21 heavy (non-hydrogen) atoms. The van der Waals surface area contributed by atoms with E-state index in [1.807, 2.05) is 36.8 Å². The Morgan fingerprint density at radius 2 is 2.19 bits per heavy atom. The summed E-state index contributed by atoms with van der Waals surface area (Å²) in [7, 11) is 0. The lowest BCUT2D eigenvalue weighted by molar-refractivity contribution is 0.566. The van der Waals surface area contributed by atoms with Gasteiger partial charge in [-0.05, 0) is 56.1 Å². The topological polar surface area (TPSA) is 42.2 Å². The van der Waals surface area contributed by atoms with Gasteiger partial charge in [-0.2, -0.15) is 0 Å². The normalized spacial score (nSPS) is 12.7. The number of rotatable bonds is 5. The molecule has 0 radical (unpaired) electrons. The molecule has 0 aromatic carbocycles. The second-order valence-electron chi connectivity index (χ2n) is 5.36. The van der Waals surface area contributed by atoms with Gasteiger partial charge in [0.2, 0.25) is 0 Å². The van der Waals surface area contributed by atoms with Gasteiger partial charge in [-0.25, -0.2) is 4.98 Å². The van der Waals surface area contributed by atoms with Gasteiger partial charge in [0.25, 0.3) is 0 Å². The molecular formula is C17H20N4. The Morgan fingerprint density at radius 1 is 1.29 bits per heavy atom. The molecule has 4 heteroatoms. The third kappa shape index (κ3) is 3.11. The fourth-order valence-electron chi connectivity index (χ4n) is 2.47.